The molecule has 1 aliphatic rings. The molecule has 3 heteroatoms. The number of likely N-dealkylation sites (tertiary alicyclic amines) is 1. The van der Waals surface area contributed by atoms with Gasteiger partial charge in [-0.3, -0.25) is 4.90 Å². The van der Waals surface area contributed by atoms with Gasteiger partial charge in [0, 0.05) is 18.8 Å². The van der Waals surface area contributed by atoms with E-state index in [1.165, 1.54) is 37.2 Å². The number of nitrogens with one attached hydrogen (secondary N) is 1. The topological polar surface area (TPSA) is 41.3 Å². The van der Waals surface area contributed by atoms with Crippen molar-refractivity contribution in [2.75, 3.05) is 31.5 Å². The Kier molecular flexibility index (Phi) is 5.86. The first-order chi connectivity index (χ1) is 9.69. The third kappa shape index (κ3) is 4.50. The molecule has 2 rings (SSSR count). The second-order valence-corrected chi connectivity index (χ2v) is 6.30. The highest BCUT2D eigenvalue weighted by Crippen LogP contribution is 2.17. The van der Waals surface area contributed by atoms with Gasteiger partial charge >= 0.3 is 0 Å². The average Bonchev–Trinajstić information content (AvgIpc) is 2.92. The largest absolute Gasteiger partial charge is 0.385 e. The molecular weight excluding hydrogens is 246 g/mol. The van der Waals surface area contributed by atoms with E-state index in [0.29, 0.717) is 11.8 Å². The number of nitrogens with zero attached hydrogens (tertiary/aromatic N) is 1. The SMILES string of the molecule is CC(C)C(CN)CNc1cccc(CN2CCCC2)c1. The molecule has 1 unspecified atom stereocenters. The van der Waals surface area contributed by atoms with Gasteiger partial charge < -0.3 is 11.1 Å². The van der Waals surface area contributed by atoms with Crippen molar-refractivity contribution in [3.8, 4) is 0 Å². The van der Waals surface area contributed by atoms with Gasteiger partial charge in [0.15, 0.2) is 0 Å². The van der Waals surface area contributed by atoms with Crippen LogP contribution in [0, 0.1) is 11.8 Å². The summed E-state index contributed by atoms with van der Waals surface area (Å²) in [6, 6.07) is 8.82. The third-order valence-electron chi connectivity index (χ3n) is 4.35. The number of rotatable bonds is 7. The molecule has 0 amide bonds. The van der Waals surface area contributed by atoms with Crippen LogP contribution < -0.4 is 11.1 Å². The van der Waals surface area contributed by atoms with Crippen molar-refractivity contribution in [1.29, 1.82) is 0 Å². The van der Waals surface area contributed by atoms with Gasteiger partial charge in [-0.25, -0.2) is 0 Å². The molecule has 3 nitrogen and oxygen atoms in total. The summed E-state index contributed by atoms with van der Waals surface area (Å²) in [5.41, 5.74) is 8.46. The van der Waals surface area contributed by atoms with Gasteiger partial charge in [0.2, 0.25) is 0 Å². The van der Waals surface area contributed by atoms with Crippen LogP contribution >= 0.6 is 0 Å². The molecule has 1 atom stereocenters. The number of anilines is 1. The second-order valence-electron chi connectivity index (χ2n) is 6.30. The first-order valence-electron chi connectivity index (χ1n) is 7.94. The summed E-state index contributed by atoms with van der Waals surface area (Å²) in [7, 11) is 0. The lowest BCUT2D eigenvalue weighted by molar-refractivity contribution is 0.331. The van der Waals surface area contributed by atoms with E-state index in [0.717, 1.165) is 19.6 Å². The molecule has 1 aromatic carbocycles. The summed E-state index contributed by atoms with van der Waals surface area (Å²) >= 11 is 0. The summed E-state index contributed by atoms with van der Waals surface area (Å²) in [4.78, 5) is 2.54. The van der Waals surface area contributed by atoms with Gasteiger partial charge in [-0.05, 0) is 62.0 Å². The Labute approximate surface area is 123 Å². The third-order valence-corrected chi connectivity index (χ3v) is 4.35. The van der Waals surface area contributed by atoms with Crippen LogP contribution in [0.5, 0.6) is 0 Å². The number of benzene rings is 1. The van der Waals surface area contributed by atoms with Crippen molar-refractivity contribution in [3.05, 3.63) is 29.8 Å². The predicted octanol–water partition coefficient (Wildman–Crippen LogP) is 2.93. The van der Waals surface area contributed by atoms with Crippen LogP contribution in [0.4, 0.5) is 5.69 Å². The Morgan fingerprint density at radius 2 is 2.00 bits per heavy atom. The monoisotopic (exact) mass is 275 g/mol. The predicted molar refractivity (Wildman–Crippen MR) is 86.8 cm³/mol. The molecule has 1 aliphatic heterocycles. The van der Waals surface area contributed by atoms with E-state index in [4.69, 9.17) is 5.73 Å². The molecule has 1 aromatic rings. The lowest BCUT2D eigenvalue weighted by Crippen LogP contribution is -2.27. The van der Waals surface area contributed by atoms with Gasteiger partial charge in [0.25, 0.3) is 0 Å². The minimum atomic E-state index is 0.539. The minimum absolute atomic E-state index is 0.539. The maximum atomic E-state index is 5.83. The molecule has 1 fully saturated rings. The van der Waals surface area contributed by atoms with Gasteiger partial charge in [-0.15, -0.1) is 0 Å². The van der Waals surface area contributed by atoms with Crippen LogP contribution in [0.15, 0.2) is 24.3 Å². The Bertz CT molecular complexity index is 397. The zero-order valence-corrected chi connectivity index (χ0v) is 12.9. The van der Waals surface area contributed by atoms with E-state index in [-0.39, 0.29) is 0 Å². The zero-order chi connectivity index (χ0) is 14.4. The van der Waals surface area contributed by atoms with Crippen LogP contribution in [-0.2, 0) is 6.54 Å². The smallest absolute Gasteiger partial charge is 0.0343 e. The first-order valence-corrected chi connectivity index (χ1v) is 7.94. The molecular formula is C17H29N3. The van der Waals surface area contributed by atoms with E-state index in [2.05, 4.69) is 48.3 Å². The highest BCUT2D eigenvalue weighted by atomic mass is 15.1. The lowest BCUT2D eigenvalue weighted by atomic mass is 9.96. The molecule has 3 N–H and O–H groups in total. The van der Waals surface area contributed by atoms with Crippen molar-refractivity contribution in [3.63, 3.8) is 0 Å². The van der Waals surface area contributed by atoms with Gasteiger partial charge in [0.1, 0.15) is 0 Å². The van der Waals surface area contributed by atoms with E-state index < -0.39 is 0 Å². The van der Waals surface area contributed by atoms with E-state index >= 15 is 0 Å². The summed E-state index contributed by atoms with van der Waals surface area (Å²) in [5, 5.41) is 3.54. The molecule has 0 aliphatic carbocycles. The first kappa shape index (κ1) is 15.3. The second kappa shape index (κ2) is 7.65. The van der Waals surface area contributed by atoms with E-state index in [1.54, 1.807) is 0 Å². The fourth-order valence-electron chi connectivity index (χ4n) is 2.82. The quantitative estimate of drug-likeness (QED) is 0.804. The zero-order valence-electron chi connectivity index (χ0n) is 12.9. The van der Waals surface area contributed by atoms with Gasteiger partial charge in [-0.1, -0.05) is 26.0 Å². The molecule has 0 saturated carbocycles. The van der Waals surface area contributed by atoms with Crippen molar-refractivity contribution in [2.45, 2.75) is 33.2 Å². The highest BCUT2D eigenvalue weighted by Gasteiger charge is 2.13. The Hall–Kier alpha value is -1.06. The number of nitrogens with two attached hydrogens (primary N) is 1. The molecule has 0 spiro atoms. The van der Waals surface area contributed by atoms with Crippen molar-refractivity contribution in [1.82, 2.24) is 4.90 Å². The van der Waals surface area contributed by atoms with Crippen LogP contribution in [0.1, 0.15) is 32.3 Å². The van der Waals surface area contributed by atoms with Crippen LogP contribution in [0.25, 0.3) is 0 Å². The molecule has 1 saturated heterocycles. The summed E-state index contributed by atoms with van der Waals surface area (Å²) in [6.07, 6.45) is 2.70. The van der Waals surface area contributed by atoms with Crippen LogP contribution in [0.3, 0.4) is 0 Å². The van der Waals surface area contributed by atoms with Gasteiger partial charge in [-0.2, -0.15) is 0 Å². The maximum absolute atomic E-state index is 5.83. The van der Waals surface area contributed by atoms with Crippen LogP contribution in [0.2, 0.25) is 0 Å². The van der Waals surface area contributed by atoms with Crippen LogP contribution in [-0.4, -0.2) is 31.1 Å². The molecule has 0 aromatic heterocycles. The fraction of sp³-hybridized carbons (Fsp3) is 0.647. The maximum Gasteiger partial charge on any atom is 0.0343 e. The lowest BCUT2D eigenvalue weighted by Gasteiger charge is -2.20. The fourth-order valence-corrected chi connectivity index (χ4v) is 2.82. The Morgan fingerprint density at radius 1 is 1.25 bits per heavy atom. The molecule has 1 heterocycles. The van der Waals surface area contributed by atoms with E-state index in [1.807, 2.05) is 0 Å². The average molecular weight is 275 g/mol. The van der Waals surface area contributed by atoms with E-state index in [9.17, 15) is 0 Å². The Balaban J connectivity index is 1.88. The minimum Gasteiger partial charge on any atom is -0.385 e. The summed E-state index contributed by atoms with van der Waals surface area (Å²) in [5.74, 6) is 1.16. The normalized spacial score (nSPS) is 17.6. The summed E-state index contributed by atoms with van der Waals surface area (Å²) in [6.45, 7) is 9.77. The number of hydrogen-bond donors (Lipinski definition) is 2. The molecule has 112 valence electrons. The Morgan fingerprint density at radius 3 is 2.65 bits per heavy atom. The van der Waals surface area contributed by atoms with Crippen molar-refractivity contribution in [2.24, 2.45) is 17.6 Å². The van der Waals surface area contributed by atoms with Crippen molar-refractivity contribution < 1.29 is 0 Å². The highest BCUT2D eigenvalue weighted by molar-refractivity contribution is 5.45. The molecule has 0 bridgehead atoms. The van der Waals surface area contributed by atoms with Gasteiger partial charge in [0.05, 0.1) is 0 Å². The standard InChI is InChI=1S/C17H29N3/c1-14(2)16(11-18)12-19-17-7-5-6-15(10-17)13-20-8-3-4-9-20/h5-7,10,14,16,19H,3-4,8-9,11-13,18H2,1-2H3. The molecule has 20 heavy (non-hydrogen) atoms. The number of hydrogen-bond acceptors (Lipinski definition) is 3. The molecule has 0 radical (unpaired) electrons. The summed E-state index contributed by atoms with van der Waals surface area (Å²) < 4.78 is 0. The van der Waals surface area contributed by atoms with Crippen molar-refractivity contribution >= 4 is 5.69 Å².